The first-order valence-electron chi connectivity index (χ1n) is 20.2. The van der Waals surface area contributed by atoms with Crippen LogP contribution in [0.5, 0.6) is 5.75 Å². The molecule has 0 radical (unpaired) electrons. The zero-order chi connectivity index (χ0) is 44.9. The number of nitrogens with two attached hydrogens (primary N) is 2. The number of aliphatic carboxylic acids is 1. The van der Waals surface area contributed by atoms with Crippen LogP contribution in [0.3, 0.4) is 0 Å². The van der Waals surface area contributed by atoms with Gasteiger partial charge in [0.1, 0.15) is 42.0 Å². The number of phenols is 1. The number of carbonyl (C=O) groups excluding carboxylic acids is 6. The van der Waals surface area contributed by atoms with Crippen molar-refractivity contribution in [1.82, 2.24) is 36.8 Å². The zero-order valence-electron chi connectivity index (χ0n) is 34.9. The molecule has 1 fully saturated rings. The number of rotatable bonds is 15. The molecule has 0 bridgehead atoms. The SMILES string of the molecule is CSCCC1NC(=O)C(NC(=O)NC(CCCN=C(N)N)C(=O)O)CCCCNC(=O)C(Cc2ccccc2)NC(=O)C(C)N(C)C(=O)C(CCc2ccc(O)cc2)NC1=O. The minimum atomic E-state index is -1.34. The van der Waals surface area contributed by atoms with Gasteiger partial charge in [-0.1, -0.05) is 42.5 Å². The number of hydrogen-bond acceptors (Lipinski definition) is 10. The van der Waals surface area contributed by atoms with Crippen LogP contribution >= 0.6 is 11.8 Å². The fourth-order valence-corrected chi connectivity index (χ4v) is 6.91. The number of nitrogens with zero attached hydrogens (tertiary/aromatic N) is 2. The molecule has 2 aromatic rings. The van der Waals surface area contributed by atoms with Gasteiger partial charge in [-0.15, -0.1) is 0 Å². The van der Waals surface area contributed by atoms with Crippen LogP contribution < -0.4 is 43.4 Å². The van der Waals surface area contributed by atoms with Crippen LogP contribution in [0.25, 0.3) is 0 Å². The van der Waals surface area contributed by atoms with Crippen LogP contribution in [0, 0.1) is 0 Å². The van der Waals surface area contributed by atoms with Gasteiger partial charge in [0.25, 0.3) is 0 Å². The van der Waals surface area contributed by atoms with Gasteiger partial charge in [-0.25, -0.2) is 9.59 Å². The van der Waals surface area contributed by atoms with E-state index in [1.807, 2.05) is 36.6 Å². The lowest BCUT2D eigenvalue weighted by Gasteiger charge is -2.31. The van der Waals surface area contributed by atoms with E-state index in [0.29, 0.717) is 25.0 Å². The summed E-state index contributed by atoms with van der Waals surface area (Å²) in [5, 5.41) is 35.7. The minimum absolute atomic E-state index is 0.0145. The molecule has 1 aliphatic rings. The van der Waals surface area contributed by atoms with Gasteiger partial charge in [0, 0.05) is 26.6 Å². The molecule has 0 aromatic heterocycles. The third-order valence-electron chi connectivity index (χ3n) is 10.1. The van der Waals surface area contributed by atoms with E-state index in [9.17, 15) is 43.8 Å². The molecule has 0 saturated carbocycles. The number of carboxylic acids is 1. The Morgan fingerprint density at radius 3 is 2.21 bits per heavy atom. The summed E-state index contributed by atoms with van der Waals surface area (Å²) in [6.45, 7) is 1.80. The number of aliphatic imine (C=N–C) groups is 1. The fraction of sp³-hybridized carbons (Fsp3) is 0.512. The largest absolute Gasteiger partial charge is 0.508 e. The highest BCUT2D eigenvalue weighted by atomic mass is 32.2. The van der Waals surface area contributed by atoms with Gasteiger partial charge < -0.3 is 58.5 Å². The summed E-state index contributed by atoms with van der Waals surface area (Å²) in [5.74, 6) is -4.06. The van der Waals surface area contributed by atoms with Crippen molar-refractivity contribution in [1.29, 1.82) is 0 Å². The Labute approximate surface area is 360 Å². The summed E-state index contributed by atoms with van der Waals surface area (Å²) in [4.78, 5) is 99.8. The van der Waals surface area contributed by atoms with E-state index in [2.05, 4.69) is 36.9 Å². The molecule has 19 nitrogen and oxygen atoms in total. The molecule has 1 aliphatic heterocycles. The Balaban J connectivity index is 1.96. The van der Waals surface area contributed by atoms with Gasteiger partial charge in [-0.2, -0.15) is 11.8 Å². The molecule has 7 amide bonds. The number of benzene rings is 2. The highest BCUT2D eigenvalue weighted by Gasteiger charge is 2.34. The summed E-state index contributed by atoms with van der Waals surface area (Å²) >= 11 is 1.42. The average Bonchev–Trinajstić information content (AvgIpc) is 3.23. The maximum absolute atomic E-state index is 14.2. The molecule has 20 heteroatoms. The Hall–Kier alpha value is -6.05. The Kier molecular flexibility index (Phi) is 20.7. The van der Waals surface area contributed by atoms with E-state index in [1.54, 1.807) is 12.1 Å². The Morgan fingerprint density at radius 2 is 1.56 bits per heavy atom. The first-order valence-corrected chi connectivity index (χ1v) is 21.6. The highest BCUT2D eigenvalue weighted by Crippen LogP contribution is 2.15. The predicted octanol–water partition coefficient (Wildman–Crippen LogP) is 0.0966. The third-order valence-corrected chi connectivity index (χ3v) is 10.8. The van der Waals surface area contributed by atoms with Gasteiger partial charge in [-0.05, 0) is 93.6 Å². The van der Waals surface area contributed by atoms with E-state index in [0.717, 1.165) is 11.1 Å². The molecule has 334 valence electrons. The lowest BCUT2D eigenvalue weighted by molar-refractivity contribution is -0.142. The molecule has 1 heterocycles. The number of aromatic hydroxyl groups is 1. The molecule has 2 aromatic carbocycles. The molecular weight excluding hydrogens is 809 g/mol. The van der Waals surface area contributed by atoms with Crippen LogP contribution in [-0.2, 0) is 41.6 Å². The van der Waals surface area contributed by atoms with E-state index in [-0.39, 0.29) is 63.3 Å². The van der Waals surface area contributed by atoms with Crippen molar-refractivity contribution < 1.29 is 43.8 Å². The molecule has 6 atom stereocenters. The highest BCUT2D eigenvalue weighted by molar-refractivity contribution is 7.98. The summed E-state index contributed by atoms with van der Waals surface area (Å²) in [6.07, 6.45) is 3.40. The fourth-order valence-electron chi connectivity index (χ4n) is 6.44. The van der Waals surface area contributed by atoms with Crippen LogP contribution in [0.15, 0.2) is 59.6 Å². The number of phenolic OH excluding ortho intramolecular Hbond substituents is 1. The van der Waals surface area contributed by atoms with Crippen LogP contribution in [0.4, 0.5) is 4.79 Å². The molecule has 0 spiro atoms. The van der Waals surface area contributed by atoms with Crippen molar-refractivity contribution in [2.24, 2.45) is 16.5 Å². The number of carbonyl (C=O) groups is 7. The smallest absolute Gasteiger partial charge is 0.326 e. The molecule has 12 N–H and O–H groups in total. The van der Waals surface area contributed by atoms with Crippen molar-refractivity contribution in [3.63, 3.8) is 0 Å². The Morgan fingerprint density at radius 1 is 0.885 bits per heavy atom. The third kappa shape index (κ3) is 17.2. The lowest BCUT2D eigenvalue weighted by Crippen LogP contribution is -2.59. The maximum atomic E-state index is 14.2. The van der Waals surface area contributed by atoms with E-state index >= 15 is 0 Å². The number of amides is 7. The number of nitrogens with one attached hydrogen (secondary N) is 6. The van der Waals surface area contributed by atoms with Crippen molar-refractivity contribution in [3.05, 3.63) is 65.7 Å². The van der Waals surface area contributed by atoms with E-state index in [1.165, 1.54) is 42.8 Å². The van der Waals surface area contributed by atoms with Gasteiger partial charge in [0.05, 0.1) is 0 Å². The number of guanidine groups is 1. The summed E-state index contributed by atoms with van der Waals surface area (Å²) in [7, 11) is 1.42. The molecular formula is C41H60N10O9S. The summed E-state index contributed by atoms with van der Waals surface area (Å²) < 4.78 is 0. The molecule has 6 unspecified atom stereocenters. The van der Waals surface area contributed by atoms with Gasteiger partial charge in [-0.3, -0.25) is 29.0 Å². The second-order valence-corrected chi connectivity index (χ2v) is 15.8. The predicted molar refractivity (Wildman–Crippen MR) is 231 cm³/mol. The second-order valence-electron chi connectivity index (χ2n) is 14.8. The van der Waals surface area contributed by atoms with Crippen LogP contribution in [0.1, 0.15) is 63.0 Å². The van der Waals surface area contributed by atoms with Gasteiger partial charge >= 0.3 is 12.0 Å². The number of likely N-dealkylation sites (N-methyl/N-ethyl adjacent to an activating group) is 1. The van der Waals surface area contributed by atoms with Crippen molar-refractivity contribution >= 4 is 59.3 Å². The first-order chi connectivity index (χ1) is 29.1. The van der Waals surface area contributed by atoms with Crippen molar-refractivity contribution in [2.45, 2.75) is 101 Å². The van der Waals surface area contributed by atoms with Crippen molar-refractivity contribution in [2.75, 3.05) is 32.1 Å². The van der Waals surface area contributed by atoms with E-state index in [4.69, 9.17) is 11.5 Å². The molecule has 0 aliphatic carbocycles. The second kappa shape index (κ2) is 25.5. The molecule has 3 rings (SSSR count). The average molecular weight is 869 g/mol. The standard InChI is InChI=1S/C41H60N10O9S/c1-25-34(53)48-33(24-27-10-5-4-6-11-27)35(54)44-21-8-7-12-29(49-41(60)50-32(39(58)59)13-9-22-45-40(42)43)36(55)46-30(20-23-61-3)37(56)47-31(38(57)51(25)2)19-16-26-14-17-28(52)18-15-26/h4-6,10-11,14-15,17-18,25,29-33,52H,7-9,12-13,16,19-24H2,1-3H3,(H,44,54)(H,46,55)(H,47,56)(H,48,53)(H,58,59)(H4,42,43,45)(H2,49,50,60). The zero-order valence-corrected chi connectivity index (χ0v) is 35.7. The number of thioether (sulfide) groups is 1. The topological polar surface area (TPSA) is 300 Å². The lowest BCUT2D eigenvalue weighted by atomic mass is 10.0. The Bertz CT molecular complexity index is 1810. The number of carboxylic acid groups (broad SMARTS) is 1. The molecule has 1 saturated heterocycles. The summed E-state index contributed by atoms with van der Waals surface area (Å²) in [5.41, 5.74) is 12.2. The van der Waals surface area contributed by atoms with Crippen LogP contribution in [-0.4, -0.2) is 131 Å². The normalized spacial score (nSPS) is 21.5. The van der Waals surface area contributed by atoms with Crippen LogP contribution in [0.2, 0.25) is 0 Å². The molecule has 61 heavy (non-hydrogen) atoms. The maximum Gasteiger partial charge on any atom is 0.326 e. The summed E-state index contributed by atoms with van der Waals surface area (Å²) in [6, 6.07) is 7.48. The monoisotopic (exact) mass is 868 g/mol. The number of urea groups is 1. The van der Waals surface area contributed by atoms with Crippen molar-refractivity contribution in [3.8, 4) is 5.75 Å². The first kappa shape index (κ1) is 49.3. The number of aryl methyl sites for hydroxylation is 1. The van der Waals surface area contributed by atoms with Gasteiger partial charge in [0.15, 0.2) is 5.96 Å². The van der Waals surface area contributed by atoms with E-state index < -0.39 is 77.8 Å². The number of hydrogen-bond donors (Lipinski definition) is 10. The van der Waals surface area contributed by atoms with Gasteiger partial charge in [0.2, 0.25) is 29.5 Å². The quantitative estimate of drug-likeness (QED) is 0.0648. The minimum Gasteiger partial charge on any atom is -0.508 e.